The van der Waals surface area contributed by atoms with E-state index in [9.17, 15) is 0 Å². The molecule has 0 amide bonds. The first-order chi connectivity index (χ1) is 7.75. The Labute approximate surface area is 94.6 Å². The average molecular weight is 218 g/mol. The Bertz CT molecular complexity index is 455. The molecule has 3 rings (SSSR count). The maximum absolute atomic E-state index is 5.40. The second-order valence-electron chi connectivity index (χ2n) is 4.11. The molecule has 0 saturated carbocycles. The fourth-order valence-corrected chi connectivity index (χ4v) is 2.06. The quantitative estimate of drug-likeness (QED) is 0.717. The summed E-state index contributed by atoms with van der Waals surface area (Å²) in [5.74, 6) is 1.69. The van der Waals surface area contributed by atoms with E-state index in [0.717, 1.165) is 23.6 Å². The number of fused-ring (bicyclic) bond motifs is 2. The third-order valence-corrected chi connectivity index (χ3v) is 2.84. The third-order valence-electron chi connectivity index (χ3n) is 2.84. The molecule has 0 unspecified atom stereocenters. The molecule has 4 nitrogen and oxygen atoms in total. The molecule has 0 atom stereocenters. The van der Waals surface area contributed by atoms with Crippen molar-refractivity contribution in [2.75, 3.05) is 25.9 Å². The monoisotopic (exact) mass is 218 g/mol. The average Bonchev–Trinajstić information content (AvgIpc) is 2.71. The highest BCUT2D eigenvalue weighted by molar-refractivity contribution is 5.65. The molecule has 0 fully saturated rings. The van der Waals surface area contributed by atoms with Crippen LogP contribution in [0.1, 0.15) is 5.56 Å². The molecule has 84 valence electrons. The van der Waals surface area contributed by atoms with Gasteiger partial charge in [0.25, 0.3) is 0 Å². The number of ether oxygens (including phenoxy) is 2. The molecule has 1 aromatic rings. The highest BCUT2D eigenvalue weighted by Crippen LogP contribution is 2.40. The predicted octanol–water partition coefficient (Wildman–Crippen LogP) is 1.77. The van der Waals surface area contributed by atoms with Crippen molar-refractivity contribution >= 4 is 5.69 Å². The Balaban J connectivity index is 2.09. The van der Waals surface area contributed by atoms with E-state index in [2.05, 4.69) is 23.4 Å². The van der Waals surface area contributed by atoms with Crippen molar-refractivity contribution in [3.8, 4) is 11.5 Å². The predicted molar refractivity (Wildman–Crippen MR) is 61.6 cm³/mol. The van der Waals surface area contributed by atoms with E-state index < -0.39 is 0 Å². The number of anilines is 1. The SMILES string of the molecule is CN(C)N1C=CCc2cc3c(cc21)OCO3. The van der Waals surface area contributed by atoms with Gasteiger partial charge in [-0.3, -0.25) is 5.01 Å². The van der Waals surface area contributed by atoms with Crippen molar-refractivity contribution < 1.29 is 9.47 Å². The molecule has 0 N–H and O–H groups in total. The Kier molecular flexibility index (Phi) is 2.04. The van der Waals surface area contributed by atoms with Crippen LogP contribution < -0.4 is 14.5 Å². The Morgan fingerprint density at radius 2 is 1.94 bits per heavy atom. The zero-order valence-electron chi connectivity index (χ0n) is 9.43. The minimum Gasteiger partial charge on any atom is -0.454 e. The molecule has 2 aliphatic rings. The summed E-state index contributed by atoms with van der Waals surface area (Å²) in [6, 6.07) is 4.11. The van der Waals surface area contributed by atoms with Crippen LogP contribution in [0.4, 0.5) is 5.69 Å². The molecule has 0 aromatic heterocycles. The number of hydrogen-bond acceptors (Lipinski definition) is 4. The Hall–Kier alpha value is -1.68. The molecule has 0 spiro atoms. The molecule has 0 saturated heterocycles. The first kappa shape index (κ1) is 9.54. The number of hydrogen-bond donors (Lipinski definition) is 0. The zero-order valence-corrected chi connectivity index (χ0v) is 9.43. The van der Waals surface area contributed by atoms with Crippen molar-refractivity contribution in [3.63, 3.8) is 0 Å². The molecule has 2 heterocycles. The highest BCUT2D eigenvalue weighted by atomic mass is 16.7. The Morgan fingerprint density at radius 3 is 2.69 bits per heavy atom. The summed E-state index contributed by atoms with van der Waals surface area (Å²) in [5, 5.41) is 4.14. The molecule has 0 bridgehead atoms. The van der Waals surface area contributed by atoms with E-state index >= 15 is 0 Å². The molecule has 4 heteroatoms. The van der Waals surface area contributed by atoms with Gasteiger partial charge in [-0.2, -0.15) is 0 Å². The van der Waals surface area contributed by atoms with E-state index in [1.54, 1.807) is 0 Å². The third kappa shape index (κ3) is 1.34. The van der Waals surface area contributed by atoms with E-state index in [1.165, 1.54) is 5.56 Å². The number of nitrogens with zero attached hydrogens (tertiary/aromatic N) is 2. The van der Waals surface area contributed by atoms with Crippen LogP contribution in [-0.4, -0.2) is 25.9 Å². The molecular weight excluding hydrogens is 204 g/mol. The summed E-state index contributed by atoms with van der Waals surface area (Å²) < 4.78 is 10.8. The molecule has 0 radical (unpaired) electrons. The minimum absolute atomic E-state index is 0.327. The van der Waals surface area contributed by atoms with Crippen molar-refractivity contribution in [2.24, 2.45) is 0 Å². The first-order valence-electron chi connectivity index (χ1n) is 5.31. The van der Waals surface area contributed by atoms with E-state index in [4.69, 9.17) is 9.47 Å². The number of hydrazine groups is 1. The second kappa shape index (κ2) is 3.42. The highest BCUT2D eigenvalue weighted by Gasteiger charge is 2.21. The summed E-state index contributed by atoms with van der Waals surface area (Å²) in [4.78, 5) is 0. The van der Waals surface area contributed by atoms with Crippen LogP contribution in [0.25, 0.3) is 0 Å². The van der Waals surface area contributed by atoms with Gasteiger partial charge in [-0.15, -0.1) is 0 Å². The Morgan fingerprint density at radius 1 is 1.19 bits per heavy atom. The van der Waals surface area contributed by atoms with Crippen molar-refractivity contribution in [2.45, 2.75) is 6.42 Å². The van der Waals surface area contributed by atoms with Crippen LogP contribution in [-0.2, 0) is 6.42 Å². The van der Waals surface area contributed by atoms with Gasteiger partial charge in [-0.05, 0) is 18.1 Å². The summed E-state index contributed by atoms with van der Waals surface area (Å²) >= 11 is 0. The van der Waals surface area contributed by atoms with Gasteiger partial charge in [0.1, 0.15) is 0 Å². The van der Waals surface area contributed by atoms with Crippen LogP contribution in [0.15, 0.2) is 24.4 Å². The summed E-state index contributed by atoms with van der Waals surface area (Å²) in [6.45, 7) is 0.327. The fourth-order valence-electron chi connectivity index (χ4n) is 2.06. The molecule has 16 heavy (non-hydrogen) atoms. The van der Waals surface area contributed by atoms with Crippen LogP contribution in [0.2, 0.25) is 0 Å². The summed E-state index contributed by atoms with van der Waals surface area (Å²) in [7, 11) is 4.04. The van der Waals surface area contributed by atoms with Gasteiger partial charge in [-0.25, -0.2) is 5.01 Å². The topological polar surface area (TPSA) is 24.9 Å². The maximum atomic E-state index is 5.40. The second-order valence-corrected chi connectivity index (χ2v) is 4.11. The van der Waals surface area contributed by atoms with Gasteiger partial charge in [0, 0.05) is 26.4 Å². The van der Waals surface area contributed by atoms with Crippen molar-refractivity contribution in [1.82, 2.24) is 5.01 Å². The molecule has 1 aromatic carbocycles. The van der Waals surface area contributed by atoms with E-state index in [0.29, 0.717) is 6.79 Å². The number of benzene rings is 1. The number of allylic oxidation sites excluding steroid dienone is 1. The van der Waals surface area contributed by atoms with Crippen LogP contribution >= 0.6 is 0 Å². The fraction of sp³-hybridized carbons (Fsp3) is 0.333. The molecule has 2 aliphatic heterocycles. The largest absolute Gasteiger partial charge is 0.454 e. The van der Waals surface area contributed by atoms with Gasteiger partial charge in [0.2, 0.25) is 6.79 Å². The van der Waals surface area contributed by atoms with Gasteiger partial charge in [0.15, 0.2) is 11.5 Å². The maximum Gasteiger partial charge on any atom is 0.231 e. The van der Waals surface area contributed by atoms with Crippen molar-refractivity contribution in [3.05, 3.63) is 30.0 Å². The lowest BCUT2D eigenvalue weighted by atomic mass is 10.1. The van der Waals surface area contributed by atoms with Gasteiger partial charge < -0.3 is 9.47 Å². The van der Waals surface area contributed by atoms with Crippen LogP contribution in [0, 0.1) is 0 Å². The normalized spacial score (nSPS) is 16.8. The van der Waals surface area contributed by atoms with E-state index in [-0.39, 0.29) is 0 Å². The van der Waals surface area contributed by atoms with Crippen LogP contribution in [0.5, 0.6) is 11.5 Å². The van der Waals surface area contributed by atoms with Crippen molar-refractivity contribution in [1.29, 1.82) is 0 Å². The summed E-state index contributed by atoms with van der Waals surface area (Å²) in [5.41, 5.74) is 2.43. The van der Waals surface area contributed by atoms with Gasteiger partial charge in [0.05, 0.1) is 5.69 Å². The number of rotatable bonds is 1. The van der Waals surface area contributed by atoms with Gasteiger partial charge in [-0.1, -0.05) is 6.08 Å². The zero-order chi connectivity index (χ0) is 11.1. The lowest BCUT2D eigenvalue weighted by Crippen LogP contribution is -2.34. The molecular formula is C12H14N2O2. The van der Waals surface area contributed by atoms with Crippen LogP contribution in [0.3, 0.4) is 0 Å². The first-order valence-corrected chi connectivity index (χ1v) is 5.31. The van der Waals surface area contributed by atoms with E-state index in [1.807, 2.05) is 25.2 Å². The molecule has 0 aliphatic carbocycles. The van der Waals surface area contributed by atoms with Gasteiger partial charge >= 0.3 is 0 Å². The smallest absolute Gasteiger partial charge is 0.231 e. The minimum atomic E-state index is 0.327. The lowest BCUT2D eigenvalue weighted by molar-refractivity contribution is 0.174. The standard InChI is InChI=1S/C12H14N2O2/c1-13(2)14-5-3-4-9-6-11-12(7-10(9)14)16-8-15-11/h3,5-7H,4,8H2,1-2H3. The lowest BCUT2D eigenvalue weighted by Gasteiger charge is -2.31. The summed E-state index contributed by atoms with van der Waals surface area (Å²) in [6.07, 6.45) is 5.16.